The van der Waals surface area contributed by atoms with E-state index in [9.17, 15) is 12.8 Å². The second-order valence-corrected chi connectivity index (χ2v) is 7.02. The molecule has 0 aromatic heterocycles. The molecule has 4 nitrogen and oxygen atoms in total. The molecule has 1 aliphatic rings. The molecule has 0 amide bonds. The molecule has 0 heterocycles. The van der Waals surface area contributed by atoms with Gasteiger partial charge >= 0.3 is 0 Å². The van der Waals surface area contributed by atoms with E-state index >= 15 is 0 Å². The number of nitrogens with zero attached hydrogens (tertiary/aromatic N) is 1. The highest BCUT2D eigenvalue weighted by atomic mass is 32.2. The first-order valence-electron chi connectivity index (χ1n) is 6.31. The Morgan fingerprint density at radius 3 is 2.63 bits per heavy atom. The van der Waals surface area contributed by atoms with E-state index in [4.69, 9.17) is 5.11 Å². The maximum atomic E-state index is 13.7. The molecule has 1 aromatic rings. The van der Waals surface area contributed by atoms with Gasteiger partial charge in [0.1, 0.15) is 10.7 Å². The summed E-state index contributed by atoms with van der Waals surface area (Å²) in [6.45, 7) is 0.111. The zero-order valence-corrected chi connectivity index (χ0v) is 11.7. The molecule has 0 bridgehead atoms. The number of halogens is 1. The van der Waals surface area contributed by atoms with Gasteiger partial charge in [-0.3, -0.25) is 0 Å². The van der Waals surface area contributed by atoms with Gasteiger partial charge in [-0.1, -0.05) is 12.5 Å². The van der Waals surface area contributed by atoms with Crippen molar-refractivity contribution < 1.29 is 17.9 Å². The Morgan fingerprint density at radius 1 is 1.42 bits per heavy atom. The molecule has 0 unspecified atom stereocenters. The van der Waals surface area contributed by atoms with E-state index < -0.39 is 15.8 Å². The third-order valence-electron chi connectivity index (χ3n) is 3.61. The van der Waals surface area contributed by atoms with Crippen LogP contribution in [0.25, 0.3) is 0 Å². The molecule has 19 heavy (non-hydrogen) atoms. The zero-order chi connectivity index (χ0) is 14.0. The second kappa shape index (κ2) is 5.56. The third-order valence-corrected chi connectivity index (χ3v) is 5.44. The SMILES string of the molecule is CN(CC1CCC1)S(=O)(=O)c1cc(CO)ccc1F. The molecule has 0 spiro atoms. The highest BCUT2D eigenvalue weighted by Crippen LogP contribution is 2.29. The Kier molecular flexibility index (Phi) is 4.23. The summed E-state index contributed by atoms with van der Waals surface area (Å²) in [6.07, 6.45) is 3.19. The van der Waals surface area contributed by atoms with E-state index in [0.29, 0.717) is 18.0 Å². The molecule has 0 radical (unpaired) electrons. The number of aliphatic hydroxyl groups is 1. The molecule has 0 aliphatic heterocycles. The smallest absolute Gasteiger partial charge is 0.245 e. The minimum Gasteiger partial charge on any atom is -0.392 e. The first-order chi connectivity index (χ1) is 8.95. The third kappa shape index (κ3) is 2.96. The molecular formula is C13H18FNO3S. The van der Waals surface area contributed by atoms with Gasteiger partial charge < -0.3 is 5.11 Å². The summed E-state index contributed by atoms with van der Waals surface area (Å²) < 4.78 is 39.5. The highest BCUT2D eigenvalue weighted by Gasteiger charge is 2.28. The summed E-state index contributed by atoms with van der Waals surface area (Å²) in [5.74, 6) is -0.401. The van der Waals surface area contributed by atoms with Crippen LogP contribution in [-0.2, 0) is 16.6 Å². The average Bonchev–Trinajstić information content (AvgIpc) is 2.33. The van der Waals surface area contributed by atoms with Crippen molar-refractivity contribution in [2.24, 2.45) is 5.92 Å². The molecule has 1 saturated carbocycles. The lowest BCUT2D eigenvalue weighted by Crippen LogP contribution is -2.34. The van der Waals surface area contributed by atoms with Crippen LogP contribution in [0.5, 0.6) is 0 Å². The molecule has 1 fully saturated rings. The van der Waals surface area contributed by atoms with Crippen molar-refractivity contribution in [2.75, 3.05) is 13.6 Å². The first kappa shape index (κ1) is 14.4. The average molecular weight is 287 g/mol. The van der Waals surface area contributed by atoms with Crippen molar-refractivity contribution in [1.29, 1.82) is 0 Å². The Labute approximate surface area is 112 Å². The van der Waals surface area contributed by atoms with Gasteiger partial charge in [0.25, 0.3) is 0 Å². The van der Waals surface area contributed by atoms with Gasteiger partial charge in [0, 0.05) is 13.6 Å². The van der Waals surface area contributed by atoms with E-state index in [1.165, 1.54) is 23.5 Å². The minimum absolute atomic E-state index is 0.310. The van der Waals surface area contributed by atoms with Crippen LogP contribution < -0.4 is 0 Å². The summed E-state index contributed by atoms with van der Waals surface area (Å²) in [6, 6.07) is 3.65. The van der Waals surface area contributed by atoms with Gasteiger partial charge in [-0.25, -0.2) is 17.1 Å². The summed E-state index contributed by atoms with van der Waals surface area (Å²) >= 11 is 0. The van der Waals surface area contributed by atoms with Crippen molar-refractivity contribution in [3.05, 3.63) is 29.6 Å². The molecule has 1 aliphatic carbocycles. The van der Waals surface area contributed by atoms with Crippen LogP contribution >= 0.6 is 0 Å². The Hall–Kier alpha value is -0.980. The largest absolute Gasteiger partial charge is 0.392 e. The normalized spacial score (nSPS) is 16.6. The number of benzene rings is 1. The molecule has 6 heteroatoms. The van der Waals surface area contributed by atoms with Crippen molar-refractivity contribution in [1.82, 2.24) is 4.31 Å². The summed E-state index contributed by atoms with van der Waals surface area (Å²) in [7, 11) is -2.36. The zero-order valence-electron chi connectivity index (χ0n) is 10.8. The quantitative estimate of drug-likeness (QED) is 0.897. The van der Waals surface area contributed by atoms with E-state index in [1.807, 2.05) is 0 Å². The van der Waals surface area contributed by atoms with E-state index in [1.54, 1.807) is 0 Å². The fraction of sp³-hybridized carbons (Fsp3) is 0.538. The van der Waals surface area contributed by atoms with Crippen molar-refractivity contribution >= 4 is 10.0 Å². The monoisotopic (exact) mass is 287 g/mol. The summed E-state index contributed by atoms with van der Waals surface area (Å²) in [5, 5.41) is 9.02. The van der Waals surface area contributed by atoms with Crippen LogP contribution in [0.2, 0.25) is 0 Å². The maximum Gasteiger partial charge on any atom is 0.245 e. The second-order valence-electron chi connectivity index (χ2n) is 5.01. The lowest BCUT2D eigenvalue weighted by Gasteiger charge is -2.29. The summed E-state index contributed by atoms with van der Waals surface area (Å²) in [4.78, 5) is -0.360. The fourth-order valence-electron chi connectivity index (χ4n) is 2.15. The summed E-state index contributed by atoms with van der Waals surface area (Å²) in [5.41, 5.74) is 0.386. The first-order valence-corrected chi connectivity index (χ1v) is 7.75. The van der Waals surface area contributed by atoms with Crippen molar-refractivity contribution in [3.8, 4) is 0 Å². The number of rotatable bonds is 5. The number of aliphatic hydroxyl groups excluding tert-OH is 1. The van der Waals surface area contributed by atoms with Gasteiger partial charge in [0.05, 0.1) is 6.61 Å². The highest BCUT2D eigenvalue weighted by molar-refractivity contribution is 7.89. The molecule has 0 atom stereocenters. The molecule has 2 rings (SSSR count). The van der Waals surface area contributed by atoms with Crippen LogP contribution in [0.4, 0.5) is 4.39 Å². The Bertz CT molecular complexity index is 555. The maximum absolute atomic E-state index is 13.7. The van der Waals surface area contributed by atoms with Crippen LogP contribution in [0.1, 0.15) is 24.8 Å². The Morgan fingerprint density at radius 2 is 2.11 bits per heavy atom. The van der Waals surface area contributed by atoms with Crippen LogP contribution in [0, 0.1) is 11.7 Å². The lowest BCUT2D eigenvalue weighted by molar-refractivity contribution is 0.262. The molecule has 106 valence electrons. The number of sulfonamides is 1. The fourth-order valence-corrected chi connectivity index (χ4v) is 3.51. The van der Waals surface area contributed by atoms with Gasteiger partial charge in [-0.15, -0.1) is 0 Å². The molecule has 0 saturated heterocycles. The van der Waals surface area contributed by atoms with Crippen molar-refractivity contribution in [2.45, 2.75) is 30.8 Å². The Balaban J connectivity index is 2.26. The van der Waals surface area contributed by atoms with Crippen LogP contribution in [0.15, 0.2) is 23.1 Å². The van der Waals surface area contributed by atoms with E-state index in [2.05, 4.69) is 0 Å². The predicted octanol–water partition coefficient (Wildman–Crippen LogP) is 1.74. The molecule has 1 N–H and O–H groups in total. The van der Waals surface area contributed by atoms with Crippen LogP contribution in [0.3, 0.4) is 0 Å². The van der Waals surface area contributed by atoms with E-state index in [0.717, 1.165) is 25.3 Å². The molecule has 1 aromatic carbocycles. The topological polar surface area (TPSA) is 57.6 Å². The minimum atomic E-state index is -3.83. The van der Waals surface area contributed by atoms with Gasteiger partial charge in [-0.2, -0.15) is 0 Å². The van der Waals surface area contributed by atoms with Gasteiger partial charge in [-0.05, 0) is 36.5 Å². The predicted molar refractivity (Wildman–Crippen MR) is 69.5 cm³/mol. The number of hydrogen-bond acceptors (Lipinski definition) is 3. The van der Waals surface area contributed by atoms with Crippen LogP contribution in [-0.4, -0.2) is 31.4 Å². The number of hydrogen-bond donors (Lipinski definition) is 1. The van der Waals surface area contributed by atoms with Crippen molar-refractivity contribution in [3.63, 3.8) is 0 Å². The van der Waals surface area contributed by atoms with Gasteiger partial charge in [0.2, 0.25) is 10.0 Å². The lowest BCUT2D eigenvalue weighted by atomic mass is 9.86. The standard InChI is InChI=1S/C13H18FNO3S/c1-15(8-10-3-2-4-10)19(17,18)13-7-11(9-16)5-6-12(13)14/h5-7,10,16H,2-4,8-9H2,1H3. The van der Waals surface area contributed by atoms with E-state index in [-0.39, 0.29) is 11.5 Å². The molecular weight excluding hydrogens is 269 g/mol. The van der Waals surface area contributed by atoms with Gasteiger partial charge in [0.15, 0.2) is 0 Å².